The van der Waals surface area contributed by atoms with E-state index in [0.29, 0.717) is 27.7 Å². The minimum absolute atomic E-state index is 0.160. The molecule has 5 heteroatoms. The van der Waals surface area contributed by atoms with Crippen LogP contribution in [-0.4, -0.2) is 14.9 Å². The number of rotatable bonds is 1. The summed E-state index contributed by atoms with van der Waals surface area (Å²) in [5.41, 5.74) is 8.59. The number of aromatic hydroxyl groups is 1. The summed E-state index contributed by atoms with van der Waals surface area (Å²) in [6.45, 7) is 3.65. The maximum absolute atomic E-state index is 10.1. The number of nitrogens with two attached hydrogens (primary N) is 1. The van der Waals surface area contributed by atoms with Crippen molar-refractivity contribution in [3.8, 4) is 17.0 Å². The molecule has 3 N–H and O–H groups in total. The highest BCUT2D eigenvalue weighted by Gasteiger charge is 2.16. The standard InChI is InChI=1S/C12H14ClN3O/c1-6-4-8(13)7(2)12(17)11(6)9-5-10(14)16(3)15-9/h4-5,17H,14H2,1-3H3. The fourth-order valence-corrected chi connectivity index (χ4v) is 2.04. The van der Waals surface area contributed by atoms with Crippen molar-refractivity contribution in [2.75, 3.05) is 5.73 Å². The Morgan fingerprint density at radius 2 is 2.00 bits per heavy atom. The molecule has 0 atom stereocenters. The van der Waals surface area contributed by atoms with E-state index in [1.54, 1.807) is 24.7 Å². The van der Waals surface area contributed by atoms with Gasteiger partial charge in [-0.3, -0.25) is 4.68 Å². The molecule has 0 amide bonds. The van der Waals surface area contributed by atoms with E-state index in [1.807, 2.05) is 13.0 Å². The molecule has 4 nitrogen and oxygen atoms in total. The highest BCUT2D eigenvalue weighted by Crippen LogP contribution is 2.38. The minimum Gasteiger partial charge on any atom is -0.507 e. The maximum atomic E-state index is 10.1. The molecule has 0 fully saturated rings. The molecule has 0 spiro atoms. The number of hydrogen-bond acceptors (Lipinski definition) is 3. The molecule has 2 aromatic rings. The molecule has 0 unspecified atom stereocenters. The van der Waals surface area contributed by atoms with E-state index < -0.39 is 0 Å². The number of nitrogens with zero attached hydrogens (tertiary/aromatic N) is 2. The maximum Gasteiger partial charge on any atom is 0.129 e. The summed E-state index contributed by atoms with van der Waals surface area (Å²) < 4.78 is 1.57. The van der Waals surface area contributed by atoms with E-state index in [4.69, 9.17) is 17.3 Å². The molecule has 0 aliphatic rings. The predicted molar refractivity (Wildman–Crippen MR) is 69.2 cm³/mol. The van der Waals surface area contributed by atoms with Gasteiger partial charge in [0.2, 0.25) is 0 Å². The third-order valence-corrected chi connectivity index (χ3v) is 3.25. The first-order valence-electron chi connectivity index (χ1n) is 5.20. The van der Waals surface area contributed by atoms with Crippen LogP contribution in [0.2, 0.25) is 5.02 Å². The zero-order valence-corrected chi connectivity index (χ0v) is 10.7. The molecule has 0 bridgehead atoms. The quantitative estimate of drug-likeness (QED) is 0.819. The Balaban J connectivity index is 2.71. The highest BCUT2D eigenvalue weighted by molar-refractivity contribution is 6.31. The van der Waals surface area contributed by atoms with Crippen molar-refractivity contribution in [3.05, 3.63) is 28.3 Å². The third-order valence-electron chi connectivity index (χ3n) is 2.86. The Morgan fingerprint density at radius 3 is 2.53 bits per heavy atom. The summed E-state index contributed by atoms with van der Waals surface area (Å²) in [6, 6.07) is 3.55. The Hall–Kier alpha value is -1.68. The molecule has 0 aliphatic carbocycles. The number of phenols is 1. The molecule has 1 aromatic carbocycles. The number of aromatic nitrogens is 2. The van der Waals surface area contributed by atoms with Gasteiger partial charge in [-0.25, -0.2) is 0 Å². The second-order valence-corrected chi connectivity index (χ2v) is 4.51. The second-order valence-electron chi connectivity index (χ2n) is 4.10. The molecule has 2 rings (SSSR count). The van der Waals surface area contributed by atoms with Gasteiger partial charge >= 0.3 is 0 Å². The van der Waals surface area contributed by atoms with E-state index >= 15 is 0 Å². The number of benzene rings is 1. The normalized spacial score (nSPS) is 10.8. The molecular weight excluding hydrogens is 238 g/mol. The van der Waals surface area contributed by atoms with Crippen LogP contribution in [0.3, 0.4) is 0 Å². The van der Waals surface area contributed by atoms with Crippen molar-refractivity contribution in [1.82, 2.24) is 9.78 Å². The van der Waals surface area contributed by atoms with E-state index in [1.165, 1.54) is 0 Å². The van der Waals surface area contributed by atoms with Crippen LogP contribution in [0.15, 0.2) is 12.1 Å². The van der Waals surface area contributed by atoms with Crippen LogP contribution in [0.25, 0.3) is 11.3 Å². The lowest BCUT2D eigenvalue weighted by molar-refractivity contribution is 0.472. The zero-order chi connectivity index (χ0) is 12.7. The number of halogens is 1. The summed E-state index contributed by atoms with van der Waals surface area (Å²) in [5, 5.41) is 14.9. The highest BCUT2D eigenvalue weighted by atomic mass is 35.5. The van der Waals surface area contributed by atoms with Crippen LogP contribution >= 0.6 is 11.6 Å². The van der Waals surface area contributed by atoms with Gasteiger partial charge in [-0.05, 0) is 25.5 Å². The lowest BCUT2D eigenvalue weighted by atomic mass is 10.0. The Labute approximate surface area is 105 Å². The van der Waals surface area contributed by atoms with Crippen molar-refractivity contribution >= 4 is 17.4 Å². The summed E-state index contributed by atoms with van der Waals surface area (Å²) in [4.78, 5) is 0. The average Bonchev–Trinajstić information content (AvgIpc) is 2.56. The van der Waals surface area contributed by atoms with Crippen molar-refractivity contribution in [1.29, 1.82) is 0 Å². The number of phenolic OH excluding ortho intramolecular Hbond substituents is 1. The van der Waals surface area contributed by atoms with Gasteiger partial charge in [0.1, 0.15) is 11.6 Å². The van der Waals surface area contributed by atoms with Crippen LogP contribution in [0.5, 0.6) is 5.75 Å². The Morgan fingerprint density at radius 1 is 1.35 bits per heavy atom. The molecule has 1 heterocycles. The van der Waals surface area contributed by atoms with Gasteiger partial charge in [0.05, 0.1) is 5.69 Å². The van der Waals surface area contributed by atoms with Crippen LogP contribution in [0.1, 0.15) is 11.1 Å². The van der Waals surface area contributed by atoms with Gasteiger partial charge in [-0.1, -0.05) is 11.6 Å². The number of hydrogen-bond donors (Lipinski definition) is 2. The second kappa shape index (κ2) is 3.96. The Bertz CT molecular complexity index is 570. The molecular formula is C12H14ClN3O. The molecule has 90 valence electrons. The number of anilines is 1. The van der Waals surface area contributed by atoms with Crippen molar-refractivity contribution in [3.63, 3.8) is 0 Å². The van der Waals surface area contributed by atoms with Crippen molar-refractivity contribution in [2.45, 2.75) is 13.8 Å². The van der Waals surface area contributed by atoms with Gasteiger partial charge in [-0.15, -0.1) is 0 Å². The monoisotopic (exact) mass is 251 g/mol. The molecule has 0 saturated carbocycles. The van der Waals surface area contributed by atoms with Crippen molar-refractivity contribution < 1.29 is 5.11 Å². The molecule has 0 saturated heterocycles. The third kappa shape index (κ3) is 1.85. The predicted octanol–water partition coefficient (Wildman–Crippen LogP) is 2.65. The van der Waals surface area contributed by atoms with Crippen molar-refractivity contribution in [2.24, 2.45) is 7.05 Å². The average molecular weight is 252 g/mol. The molecule has 1 aromatic heterocycles. The van der Waals surface area contributed by atoms with Gasteiger partial charge in [0, 0.05) is 29.3 Å². The lowest BCUT2D eigenvalue weighted by Gasteiger charge is -2.10. The molecule has 0 aliphatic heterocycles. The van der Waals surface area contributed by atoms with Crippen LogP contribution in [0.4, 0.5) is 5.82 Å². The van der Waals surface area contributed by atoms with Crippen LogP contribution < -0.4 is 5.73 Å². The van der Waals surface area contributed by atoms with Crippen LogP contribution in [0, 0.1) is 13.8 Å². The lowest BCUT2D eigenvalue weighted by Crippen LogP contribution is -1.97. The first kappa shape index (κ1) is 11.8. The first-order chi connectivity index (χ1) is 7.91. The minimum atomic E-state index is 0.160. The number of aryl methyl sites for hydroxylation is 2. The summed E-state index contributed by atoms with van der Waals surface area (Å²) in [5.74, 6) is 0.708. The van der Waals surface area contributed by atoms with Gasteiger partial charge < -0.3 is 10.8 Å². The summed E-state index contributed by atoms with van der Waals surface area (Å²) >= 11 is 6.00. The summed E-state index contributed by atoms with van der Waals surface area (Å²) in [7, 11) is 1.76. The van der Waals surface area contributed by atoms with Gasteiger partial charge in [0.25, 0.3) is 0 Å². The van der Waals surface area contributed by atoms with E-state index in [9.17, 15) is 5.11 Å². The smallest absolute Gasteiger partial charge is 0.129 e. The SMILES string of the molecule is Cc1cc(Cl)c(C)c(O)c1-c1cc(N)n(C)n1. The largest absolute Gasteiger partial charge is 0.507 e. The van der Waals surface area contributed by atoms with Crippen LogP contribution in [-0.2, 0) is 7.05 Å². The van der Waals surface area contributed by atoms with E-state index in [-0.39, 0.29) is 5.75 Å². The zero-order valence-electron chi connectivity index (χ0n) is 9.95. The fraction of sp³-hybridized carbons (Fsp3) is 0.250. The summed E-state index contributed by atoms with van der Waals surface area (Å²) in [6.07, 6.45) is 0. The van der Waals surface area contributed by atoms with E-state index in [0.717, 1.165) is 5.56 Å². The number of nitrogen functional groups attached to an aromatic ring is 1. The first-order valence-corrected chi connectivity index (χ1v) is 5.58. The Kier molecular flexibility index (Phi) is 2.75. The van der Waals surface area contributed by atoms with Gasteiger partial charge in [0.15, 0.2) is 0 Å². The topological polar surface area (TPSA) is 64.1 Å². The fourth-order valence-electron chi connectivity index (χ4n) is 1.79. The van der Waals surface area contributed by atoms with E-state index in [2.05, 4.69) is 5.10 Å². The van der Waals surface area contributed by atoms with Gasteiger partial charge in [-0.2, -0.15) is 5.10 Å². The molecule has 17 heavy (non-hydrogen) atoms. The molecule has 0 radical (unpaired) electrons.